The lowest BCUT2D eigenvalue weighted by atomic mass is 10.2. The van der Waals surface area contributed by atoms with E-state index in [4.69, 9.17) is 0 Å². The molecular weight excluding hydrogens is 354 g/mol. The summed E-state index contributed by atoms with van der Waals surface area (Å²) in [5, 5.41) is 4.71. The molecule has 7 nitrogen and oxygen atoms in total. The van der Waals surface area contributed by atoms with Gasteiger partial charge in [-0.05, 0) is 25.0 Å². The van der Waals surface area contributed by atoms with Gasteiger partial charge in [-0.1, -0.05) is 19.1 Å². The summed E-state index contributed by atoms with van der Waals surface area (Å²) in [6, 6.07) is 6.94. The fourth-order valence-electron chi connectivity index (χ4n) is 3.46. The van der Waals surface area contributed by atoms with Crippen LogP contribution in [-0.2, 0) is 21.2 Å². The number of aromatic nitrogens is 2. The molecule has 140 valence electrons. The van der Waals surface area contributed by atoms with Gasteiger partial charge in [0.15, 0.2) is 9.84 Å². The van der Waals surface area contributed by atoms with Gasteiger partial charge in [0.2, 0.25) is 11.3 Å². The molecule has 1 saturated heterocycles. The van der Waals surface area contributed by atoms with Crippen molar-refractivity contribution in [3.63, 3.8) is 0 Å². The number of sulfone groups is 1. The molecule has 3 rings (SSSR count). The van der Waals surface area contributed by atoms with Crippen LogP contribution in [0.4, 0.5) is 0 Å². The maximum Gasteiger partial charge on any atom is 0.224 e. The Morgan fingerprint density at radius 1 is 1.35 bits per heavy atom. The minimum Gasteiger partial charge on any atom is -0.339 e. The van der Waals surface area contributed by atoms with Crippen LogP contribution >= 0.6 is 0 Å². The highest BCUT2D eigenvalue weighted by Crippen LogP contribution is 2.19. The summed E-state index contributed by atoms with van der Waals surface area (Å²) in [6.45, 7) is 2.87. The van der Waals surface area contributed by atoms with E-state index < -0.39 is 9.84 Å². The van der Waals surface area contributed by atoms with E-state index in [1.54, 1.807) is 21.7 Å². The van der Waals surface area contributed by atoms with Gasteiger partial charge in [-0.3, -0.25) is 14.3 Å². The highest BCUT2D eigenvalue weighted by atomic mass is 32.2. The molecule has 0 radical (unpaired) electrons. The lowest BCUT2D eigenvalue weighted by Crippen LogP contribution is -2.42. The Hall–Kier alpha value is -2.22. The summed E-state index contributed by atoms with van der Waals surface area (Å²) >= 11 is 0. The highest BCUT2D eigenvalue weighted by molar-refractivity contribution is 7.91. The van der Waals surface area contributed by atoms with Crippen molar-refractivity contribution in [2.24, 2.45) is 0 Å². The van der Waals surface area contributed by atoms with Gasteiger partial charge in [0.1, 0.15) is 0 Å². The summed E-state index contributed by atoms with van der Waals surface area (Å²) in [7, 11) is -3.04. The number of amides is 1. The maximum absolute atomic E-state index is 12.7. The number of aryl methyl sites for hydroxylation is 1. The molecule has 2 aromatic rings. The summed E-state index contributed by atoms with van der Waals surface area (Å²) in [5.41, 5.74) is 0.547. The number of carbonyl (C=O) groups is 1. The summed E-state index contributed by atoms with van der Waals surface area (Å²) in [5.74, 6) is 0.133. The fraction of sp³-hybridized carbons (Fsp3) is 0.500. The number of hydrogen-bond donors (Lipinski definition) is 0. The Morgan fingerprint density at radius 2 is 2.12 bits per heavy atom. The molecule has 1 aliphatic rings. The molecule has 0 saturated carbocycles. The van der Waals surface area contributed by atoms with Crippen molar-refractivity contribution in [3.8, 4) is 0 Å². The molecule has 1 aliphatic heterocycles. The van der Waals surface area contributed by atoms with Gasteiger partial charge in [-0.15, -0.1) is 0 Å². The van der Waals surface area contributed by atoms with Gasteiger partial charge in [0.25, 0.3) is 0 Å². The normalized spacial score (nSPS) is 18.9. The minimum absolute atomic E-state index is 0.0535. The minimum atomic E-state index is -3.04. The third kappa shape index (κ3) is 3.95. The van der Waals surface area contributed by atoms with Crippen molar-refractivity contribution in [2.45, 2.75) is 38.8 Å². The first-order valence-electron chi connectivity index (χ1n) is 8.86. The third-order valence-electron chi connectivity index (χ3n) is 4.73. The number of nitrogens with zero attached hydrogens (tertiary/aromatic N) is 3. The predicted molar refractivity (Wildman–Crippen MR) is 99.7 cm³/mol. The molecule has 1 unspecified atom stereocenters. The second kappa shape index (κ2) is 7.57. The molecule has 0 bridgehead atoms. The van der Waals surface area contributed by atoms with Crippen molar-refractivity contribution in [3.05, 3.63) is 40.7 Å². The highest BCUT2D eigenvalue weighted by Gasteiger charge is 2.34. The van der Waals surface area contributed by atoms with Crippen LogP contribution in [0, 0.1) is 0 Å². The van der Waals surface area contributed by atoms with Crippen molar-refractivity contribution in [1.82, 2.24) is 14.7 Å². The molecule has 1 aromatic heterocycles. The first-order chi connectivity index (χ1) is 12.4. The van der Waals surface area contributed by atoms with Crippen LogP contribution in [-0.4, -0.2) is 53.1 Å². The number of para-hydroxylation sites is 1. The topological polar surface area (TPSA) is 89.3 Å². The first-order valence-corrected chi connectivity index (χ1v) is 10.7. The largest absolute Gasteiger partial charge is 0.339 e. The van der Waals surface area contributed by atoms with E-state index in [-0.39, 0.29) is 35.3 Å². The van der Waals surface area contributed by atoms with Crippen LogP contribution in [0.5, 0.6) is 0 Å². The van der Waals surface area contributed by atoms with Gasteiger partial charge >= 0.3 is 0 Å². The average molecular weight is 377 g/mol. The zero-order valence-electron chi connectivity index (χ0n) is 14.8. The Balaban J connectivity index is 1.75. The van der Waals surface area contributed by atoms with Gasteiger partial charge in [-0.25, -0.2) is 8.42 Å². The lowest BCUT2D eigenvalue weighted by molar-refractivity contribution is -0.133. The van der Waals surface area contributed by atoms with Gasteiger partial charge in [0, 0.05) is 24.4 Å². The van der Waals surface area contributed by atoms with Crippen LogP contribution in [0.3, 0.4) is 0 Å². The maximum atomic E-state index is 12.7. The summed E-state index contributed by atoms with van der Waals surface area (Å²) in [4.78, 5) is 26.3. The van der Waals surface area contributed by atoms with E-state index in [9.17, 15) is 18.0 Å². The fourth-order valence-corrected chi connectivity index (χ4v) is 5.19. The molecule has 0 N–H and O–H groups in total. The zero-order chi connectivity index (χ0) is 18.7. The van der Waals surface area contributed by atoms with Crippen molar-refractivity contribution in [1.29, 1.82) is 0 Å². The Labute approximate surface area is 152 Å². The average Bonchev–Trinajstić information content (AvgIpc) is 2.98. The number of hydrogen-bond acceptors (Lipinski definition) is 5. The SMILES string of the molecule is CCCN(C(=O)CCn1ncc(=O)c2ccccc21)C1CCS(=O)(=O)C1. The second-order valence-corrected chi connectivity index (χ2v) is 8.87. The quantitative estimate of drug-likeness (QED) is 0.755. The summed E-state index contributed by atoms with van der Waals surface area (Å²) < 4.78 is 25.2. The van der Waals surface area contributed by atoms with E-state index >= 15 is 0 Å². The second-order valence-electron chi connectivity index (χ2n) is 6.64. The van der Waals surface area contributed by atoms with Crippen LogP contribution < -0.4 is 5.43 Å². The molecule has 1 atom stereocenters. The van der Waals surface area contributed by atoms with Crippen molar-refractivity contribution in [2.75, 3.05) is 18.1 Å². The molecule has 26 heavy (non-hydrogen) atoms. The van der Waals surface area contributed by atoms with Crippen molar-refractivity contribution < 1.29 is 13.2 Å². The van der Waals surface area contributed by atoms with E-state index in [2.05, 4.69) is 5.10 Å². The zero-order valence-corrected chi connectivity index (χ0v) is 15.6. The molecule has 0 spiro atoms. The Bertz CT molecular complexity index is 968. The Morgan fingerprint density at radius 3 is 2.81 bits per heavy atom. The molecule has 1 amide bonds. The molecule has 2 heterocycles. The van der Waals surface area contributed by atoms with Crippen LogP contribution in [0.25, 0.3) is 10.9 Å². The third-order valence-corrected chi connectivity index (χ3v) is 6.48. The number of fused-ring (bicyclic) bond motifs is 1. The standard InChI is InChI=1S/C18H23N3O4S/c1-2-9-20(14-8-11-26(24,25)13-14)18(23)7-10-21-16-6-4-3-5-15(16)17(22)12-19-21/h3-6,12,14H,2,7-11,13H2,1H3. The molecule has 1 aromatic carbocycles. The van der Waals surface area contributed by atoms with Crippen LogP contribution in [0.2, 0.25) is 0 Å². The van der Waals surface area contributed by atoms with E-state index in [1.807, 2.05) is 19.1 Å². The van der Waals surface area contributed by atoms with E-state index in [0.717, 1.165) is 6.42 Å². The van der Waals surface area contributed by atoms with Crippen molar-refractivity contribution >= 4 is 26.6 Å². The van der Waals surface area contributed by atoms with Crippen LogP contribution in [0.15, 0.2) is 35.3 Å². The predicted octanol–water partition coefficient (Wildman–Crippen LogP) is 1.21. The smallest absolute Gasteiger partial charge is 0.224 e. The molecular formula is C18H23N3O4S. The lowest BCUT2D eigenvalue weighted by Gasteiger charge is -2.28. The monoisotopic (exact) mass is 377 g/mol. The number of carbonyl (C=O) groups excluding carboxylic acids is 1. The number of rotatable bonds is 6. The van der Waals surface area contributed by atoms with E-state index in [0.29, 0.717) is 30.4 Å². The Kier molecular flexibility index (Phi) is 5.41. The molecule has 0 aliphatic carbocycles. The summed E-state index contributed by atoms with van der Waals surface area (Å²) in [6.07, 6.45) is 2.77. The molecule has 1 fully saturated rings. The van der Waals surface area contributed by atoms with Gasteiger partial charge < -0.3 is 4.90 Å². The van der Waals surface area contributed by atoms with Gasteiger partial charge in [-0.2, -0.15) is 5.10 Å². The molecule has 8 heteroatoms. The first kappa shape index (κ1) is 18.6. The van der Waals surface area contributed by atoms with Crippen LogP contribution in [0.1, 0.15) is 26.2 Å². The van der Waals surface area contributed by atoms with Gasteiger partial charge in [0.05, 0.1) is 29.8 Å². The van der Waals surface area contributed by atoms with E-state index in [1.165, 1.54) is 6.20 Å². The number of benzene rings is 1.